The van der Waals surface area contributed by atoms with E-state index in [4.69, 9.17) is 9.47 Å². The fourth-order valence-corrected chi connectivity index (χ4v) is 2.51. The largest absolute Gasteiger partial charge is 0.497 e. The van der Waals surface area contributed by atoms with Gasteiger partial charge >= 0.3 is 17.8 Å². The molecular weight excluding hydrogens is 417 g/mol. The van der Waals surface area contributed by atoms with Crippen LogP contribution in [-0.4, -0.2) is 31.1 Å². The van der Waals surface area contributed by atoms with Crippen LogP contribution in [0.5, 0.6) is 11.5 Å². The van der Waals surface area contributed by atoms with Crippen molar-refractivity contribution in [1.82, 2.24) is 5.43 Å². The predicted molar refractivity (Wildman–Crippen MR) is 115 cm³/mol. The van der Waals surface area contributed by atoms with Crippen LogP contribution in [0.4, 0.5) is 10.1 Å². The molecule has 8 nitrogen and oxygen atoms in total. The number of benzene rings is 3. The van der Waals surface area contributed by atoms with E-state index in [-0.39, 0.29) is 11.4 Å². The van der Waals surface area contributed by atoms with Crippen molar-refractivity contribution in [2.45, 2.75) is 0 Å². The number of halogens is 1. The molecule has 9 heteroatoms. The van der Waals surface area contributed by atoms with Crippen molar-refractivity contribution in [2.75, 3.05) is 12.4 Å². The van der Waals surface area contributed by atoms with E-state index < -0.39 is 23.6 Å². The average molecular weight is 435 g/mol. The lowest BCUT2D eigenvalue weighted by Crippen LogP contribution is -2.32. The first-order chi connectivity index (χ1) is 15.5. The van der Waals surface area contributed by atoms with Crippen LogP contribution in [0.25, 0.3) is 0 Å². The highest BCUT2D eigenvalue weighted by molar-refractivity contribution is 6.39. The lowest BCUT2D eigenvalue weighted by Gasteiger charge is -2.06. The quantitative estimate of drug-likeness (QED) is 0.203. The fraction of sp³-hybridized carbons (Fsp3) is 0.0435. The number of esters is 1. The van der Waals surface area contributed by atoms with Gasteiger partial charge in [0.1, 0.15) is 17.3 Å². The first kappa shape index (κ1) is 22.2. The minimum Gasteiger partial charge on any atom is -0.497 e. The number of nitrogens with one attached hydrogen (secondary N) is 2. The van der Waals surface area contributed by atoms with Crippen molar-refractivity contribution >= 4 is 29.7 Å². The Hall–Kier alpha value is -4.53. The van der Waals surface area contributed by atoms with Gasteiger partial charge in [0.15, 0.2) is 0 Å². The number of hydrazone groups is 1. The van der Waals surface area contributed by atoms with Gasteiger partial charge in [-0.15, -0.1) is 0 Å². The third-order valence-electron chi connectivity index (χ3n) is 4.10. The molecule has 0 radical (unpaired) electrons. The summed E-state index contributed by atoms with van der Waals surface area (Å²) in [4.78, 5) is 35.9. The smallest absolute Gasteiger partial charge is 0.343 e. The van der Waals surface area contributed by atoms with E-state index in [9.17, 15) is 18.8 Å². The fourth-order valence-electron chi connectivity index (χ4n) is 2.51. The number of anilines is 1. The van der Waals surface area contributed by atoms with E-state index in [1.165, 1.54) is 37.6 Å². The van der Waals surface area contributed by atoms with Gasteiger partial charge in [-0.2, -0.15) is 5.10 Å². The zero-order valence-electron chi connectivity index (χ0n) is 16.9. The minimum absolute atomic E-state index is 0.122. The van der Waals surface area contributed by atoms with Gasteiger partial charge in [0.2, 0.25) is 0 Å². The third kappa shape index (κ3) is 5.99. The van der Waals surface area contributed by atoms with Gasteiger partial charge in [0, 0.05) is 0 Å². The van der Waals surface area contributed by atoms with E-state index in [2.05, 4.69) is 10.4 Å². The second-order valence-corrected chi connectivity index (χ2v) is 6.32. The molecule has 0 fully saturated rings. The number of hydrogen-bond donors (Lipinski definition) is 2. The molecular formula is C23H18FN3O5. The van der Waals surface area contributed by atoms with Crippen LogP contribution in [0.1, 0.15) is 15.9 Å². The number of amides is 2. The molecule has 3 aromatic carbocycles. The molecule has 0 aliphatic rings. The highest BCUT2D eigenvalue weighted by Gasteiger charge is 2.14. The van der Waals surface area contributed by atoms with Crippen molar-refractivity contribution in [3.63, 3.8) is 0 Å². The molecule has 3 aromatic rings. The normalized spacial score (nSPS) is 10.4. The van der Waals surface area contributed by atoms with E-state index in [1.807, 2.05) is 5.43 Å². The maximum absolute atomic E-state index is 13.5. The van der Waals surface area contributed by atoms with Gasteiger partial charge in [0.05, 0.1) is 24.6 Å². The van der Waals surface area contributed by atoms with Crippen molar-refractivity contribution in [2.24, 2.45) is 5.10 Å². The number of carbonyl (C=O) groups is 3. The predicted octanol–water partition coefficient (Wildman–Crippen LogP) is 3.14. The maximum Gasteiger partial charge on any atom is 0.343 e. The number of nitrogens with zero attached hydrogens (tertiary/aromatic N) is 1. The van der Waals surface area contributed by atoms with Crippen molar-refractivity contribution < 1.29 is 28.2 Å². The molecule has 0 atom stereocenters. The monoisotopic (exact) mass is 435 g/mol. The number of rotatable bonds is 6. The van der Waals surface area contributed by atoms with E-state index >= 15 is 0 Å². The Morgan fingerprint density at radius 3 is 2.38 bits per heavy atom. The molecule has 0 unspecified atom stereocenters. The summed E-state index contributed by atoms with van der Waals surface area (Å²) in [6, 6.07) is 18.3. The van der Waals surface area contributed by atoms with Crippen LogP contribution in [-0.2, 0) is 9.59 Å². The molecule has 0 bridgehead atoms. The minimum atomic E-state index is -1.08. The molecule has 0 aromatic heterocycles. The van der Waals surface area contributed by atoms with Gasteiger partial charge in [-0.3, -0.25) is 9.59 Å². The molecule has 162 valence electrons. The first-order valence-electron chi connectivity index (χ1n) is 9.31. The molecule has 32 heavy (non-hydrogen) atoms. The SMILES string of the molecule is COc1ccc(C(=O)Oc2cccc(/C=N/NC(=O)C(=O)Nc3ccccc3F)c2)cc1. The van der Waals surface area contributed by atoms with Crippen molar-refractivity contribution in [1.29, 1.82) is 0 Å². The molecule has 2 N–H and O–H groups in total. The standard InChI is InChI=1S/C23H18FN3O5/c1-31-17-11-9-16(10-12-17)23(30)32-18-6-4-5-15(13-18)14-25-27-22(29)21(28)26-20-8-3-2-7-19(20)24/h2-14H,1H3,(H,26,28)(H,27,29)/b25-14+. The summed E-state index contributed by atoms with van der Waals surface area (Å²) in [5.74, 6) is -2.50. The van der Waals surface area contributed by atoms with E-state index in [0.717, 1.165) is 6.07 Å². The molecule has 0 aliphatic heterocycles. The van der Waals surface area contributed by atoms with Crippen LogP contribution in [0.3, 0.4) is 0 Å². The number of methoxy groups -OCH3 is 1. The second-order valence-electron chi connectivity index (χ2n) is 6.32. The van der Waals surface area contributed by atoms with Crippen LogP contribution in [0, 0.1) is 5.82 Å². The van der Waals surface area contributed by atoms with Gasteiger partial charge < -0.3 is 14.8 Å². The number of para-hydroxylation sites is 1. The van der Waals surface area contributed by atoms with Crippen molar-refractivity contribution in [3.05, 3.63) is 89.7 Å². The van der Waals surface area contributed by atoms with Crippen molar-refractivity contribution in [3.8, 4) is 11.5 Å². The Balaban J connectivity index is 1.56. The zero-order valence-corrected chi connectivity index (χ0v) is 16.9. The van der Waals surface area contributed by atoms with Gasteiger partial charge in [-0.05, 0) is 54.1 Å². The average Bonchev–Trinajstić information content (AvgIpc) is 2.80. The lowest BCUT2D eigenvalue weighted by molar-refractivity contribution is -0.136. The highest BCUT2D eigenvalue weighted by Crippen LogP contribution is 2.16. The van der Waals surface area contributed by atoms with Gasteiger partial charge in [-0.25, -0.2) is 14.6 Å². The van der Waals surface area contributed by atoms with E-state index in [1.54, 1.807) is 42.5 Å². The van der Waals surface area contributed by atoms with Crippen LogP contribution < -0.4 is 20.2 Å². The first-order valence-corrected chi connectivity index (χ1v) is 9.31. The lowest BCUT2D eigenvalue weighted by atomic mass is 10.2. The van der Waals surface area contributed by atoms with Crippen LogP contribution in [0.2, 0.25) is 0 Å². The molecule has 3 rings (SSSR count). The summed E-state index contributed by atoms with van der Waals surface area (Å²) in [7, 11) is 1.53. The number of carbonyl (C=O) groups excluding carboxylic acids is 3. The van der Waals surface area contributed by atoms with Gasteiger partial charge in [-0.1, -0.05) is 24.3 Å². The summed E-state index contributed by atoms with van der Waals surface area (Å²) in [6.07, 6.45) is 1.26. The van der Waals surface area contributed by atoms with E-state index in [0.29, 0.717) is 16.9 Å². The second kappa shape index (κ2) is 10.5. The summed E-state index contributed by atoms with van der Waals surface area (Å²) < 4.78 is 23.9. The topological polar surface area (TPSA) is 106 Å². The Bertz CT molecular complexity index is 1160. The molecule has 0 saturated heterocycles. The zero-order chi connectivity index (χ0) is 22.9. The van der Waals surface area contributed by atoms with Crippen LogP contribution in [0.15, 0.2) is 77.9 Å². The Morgan fingerprint density at radius 2 is 1.66 bits per heavy atom. The molecule has 0 saturated carbocycles. The summed E-state index contributed by atoms with van der Waals surface area (Å²) >= 11 is 0. The highest BCUT2D eigenvalue weighted by atomic mass is 19.1. The number of ether oxygens (including phenoxy) is 2. The summed E-state index contributed by atoms with van der Waals surface area (Å²) in [5.41, 5.74) is 2.77. The van der Waals surface area contributed by atoms with Gasteiger partial charge in [0.25, 0.3) is 0 Å². The molecule has 2 amide bonds. The molecule has 0 spiro atoms. The molecule has 0 heterocycles. The Kier molecular flexibility index (Phi) is 7.26. The Labute approximate surface area is 182 Å². The summed E-state index contributed by atoms with van der Waals surface area (Å²) in [6.45, 7) is 0. The van der Waals surface area contributed by atoms with Crippen LogP contribution >= 0.6 is 0 Å². The molecule has 0 aliphatic carbocycles. The number of hydrogen-bond acceptors (Lipinski definition) is 6. The third-order valence-corrected chi connectivity index (χ3v) is 4.10. The summed E-state index contributed by atoms with van der Waals surface area (Å²) in [5, 5.41) is 5.84. The maximum atomic E-state index is 13.5. The Morgan fingerprint density at radius 1 is 0.906 bits per heavy atom.